The van der Waals surface area contributed by atoms with Gasteiger partial charge in [-0.2, -0.15) is 0 Å². The minimum absolute atomic E-state index is 0.0235. The zero-order valence-electron chi connectivity index (χ0n) is 41.4. The summed E-state index contributed by atoms with van der Waals surface area (Å²) in [5, 5.41) is 12.6. The summed E-state index contributed by atoms with van der Waals surface area (Å²) in [6, 6.07) is 12.4. The first-order valence-electron chi connectivity index (χ1n) is 23.0. The molecule has 0 saturated heterocycles. The molecule has 4 amide bonds. The van der Waals surface area contributed by atoms with Gasteiger partial charge < -0.3 is 40.2 Å². The number of hydrogen-bond donors (Lipinski definition) is 4. The molecule has 2 atom stereocenters. The highest BCUT2D eigenvalue weighted by molar-refractivity contribution is 6.76. The first-order valence-corrected chi connectivity index (χ1v) is 26.7. The maximum Gasteiger partial charge on any atom is 0.408 e. The molecule has 15 nitrogen and oxygen atoms in total. The summed E-state index contributed by atoms with van der Waals surface area (Å²) < 4.78 is 23.5. The number of rotatable bonds is 21. The van der Waals surface area contributed by atoms with Crippen molar-refractivity contribution in [3.63, 3.8) is 0 Å². The van der Waals surface area contributed by atoms with Crippen LogP contribution in [0.25, 0.3) is 21.8 Å². The van der Waals surface area contributed by atoms with E-state index < -0.39 is 55.5 Å². The zero-order valence-corrected chi connectivity index (χ0v) is 42.4. The molecule has 2 aromatic carbocycles. The summed E-state index contributed by atoms with van der Waals surface area (Å²) in [5.74, 6) is -1.11. The summed E-state index contributed by atoms with van der Waals surface area (Å²) in [6.45, 7) is 28.6. The number of anilines is 2. The quantitative estimate of drug-likeness (QED) is 0.0459. The van der Waals surface area contributed by atoms with E-state index in [1.165, 1.54) is 6.07 Å². The van der Waals surface area contributed by atoms with Gasteiger partial charge in [0.1, 0.15) is 34.9 Å². The minimum atomic E-state index is -1.48. The molecule has 0 saturated carbocycles. The lowest BCUT2D eigenvalue weighted by atomic mass is 10.0. The molecule has 0 unspecified atom stereocenters. The van der Waals surface area contributed by atoms with Crippen LogP contribution in [0.15, 0.2) is 48.5 Å². The van der Waals surface area contributed by atoms with Crippen molar-refractivity contribution in [3.8, 4) is 11.5 Å². The van der Waals surface area contributed by atoms with Gasteiger partial charge in [-0.3, -0.25) is 14.4 Å². The molecular formula is C50H72N6O9Si. The number of benzene rings is 2. The van der Waals surface area contributed by atoms with E-state index in [-0.39, 0.29) is 59.3 Å². The molecular weight excluding hydrogens is 857 g/mol. The van der Waals surface area contributed by atoms with E-state index in [0.29, 0.717) is 53.1 Å². The van der Waals surface area contributed by atoms with Crippen molar-refractivity contribution in [2.24, 2.45) is 23.7 Å². The molecule has 2 heterocycles. The Morgan fingerprint density at radius 1 is 0.636 bits per heavy atom. The van der Waals surface area contributed by atoms with Crippen LogP contribution in [0.3, 0.4) is 0 Å². The molecule has 16 heteroatoms. The standard InChI is InChI=1S/C50H72N6O9Si/c1-29(2)23-37(45(57)53-36-20-16-18-34-42(64-28-32(7)8)26-40(52-44(34)36)48(60)62-21-22-66(12,13)14)55-47(59)39-25-41(63-27-31(5)6)33-17-15-19-35(43(33)51-39)54-46(58)38(24-30(3)4)56-49(61)65-50(9,10)11/h15-20,25-26,29-32,37-38H,21-24,27-28H2,1-14H3,(H,53,57)(H,54,58)(H,55,59)(H,56,61)/t37-,38-/m0/s1. The molecule has 0 fully saturated rings. The van der Waals surface area contributed by atoms with Crippen LogP contribution >= 0.6 is 0 Å². The Balaban J connectivity index is 1.71. The second-order valence-corrected chi connectivity index (χ2v) is 26.4. The second-order valence-electron chi connectivity index (χ2n) is 20.7. The summed E-state index contributed by atoms with van der Waals surface area (Å²) in [6.07, 6.45) is -0.133. The van der Waals surface area contributed by atoms with Crippen LogP contribution in [0.1, 0.15) is 110 Å². The number of pyridine rings is 2. The minimum Gasteiger partial charge on any atom is -0.493 e. The molecule has 0 aliphatic carbocycles. The molecule has 4 N–H and O–H groups in total. The predicted octanol–water partition coefficient (Wildman–Crippen LogP) is 10.0. The summed E-state index contributed by atoms with van der Waals surface area (Å²) in [7, 11) is -1.48. The Morgan fingerprint density at radius 2 is 1.09 bits per heavy atom. The van der Waals surface area contributed by atoms with Crippen molar-refractivity contribution in [2.45, 2.75) is 132 Å². The molecule has 0 bridgehead atoms. The van der Waals surface area contributed by atoms with E-state index in [4.69, 9.17) is 23.9 Å². The molecule has 4 rings (SSSR count). The average Bonchev–Trinajstić information content (AvgIpc) is 3.19. The van der Waals surface area contributed by atoms with E-state index in [9.17, 15) is 24.0 Å². The van der Waals surface area contributed by atoms with Crippen LogP contribution in [0, 0.1) is 23.7 Å². The fourth-order valence-corrected chi connectivity index (χ4v) is 7.38. The van der Waals surface area contributed by atoms with Crippen LogP contribution in [0.4, 0.5) is 16.2 Å². The molecule has 0 aliphatic heterocycles. The highest BCUT2D eigenvalue weighted by atomic mass is 28.3. The smallest absolute Gasteiger partial charge is 0.408 e. The number of amides is 4. The van der Waals surface area contributed by atoms with E-state index >= 15 is 0 Å². The molecule has 2 aromatic heterocycles. The second kappa shape index (κ2) is 23.1. The van der Waals surface area contributed by atoms with Gasteiger partial charge in [-0.1, -0.05) is 87.2 Å². The van der Waals surface area contributed by atoms with Gasteiger partial charge >= 0.3 is 12.1 Å². The first-order chi connectivity index (χ1) is 30.8. The topological polar surface area (TPSA) is 196 Å². The van der Waals surface area contributed by atoms with Gasteiger partial charge in [0.2, 0.25) is 11.8 Å². The monoisotopic (exact) mass is 929 g/mol. The van der Waals surface area contributed by atoms with Crippen LogP contribution in [0.5, 0.6) is 11.5 Å². The number of fused-ring (bicyclic) bond motifs is 2. The summed E-state index contributed by atoms with van der Waals surface area (Å²) in [4.78, 5) is 78.1. The van der Waals surface area contributed by atoms with Gasteiger partial charge in [0.05, 0.1) is 42.2 Å². The van der Waals surface area contributed by atoms with E-state index in [0.717, 1.165) is 6.04 Å². The predicted molar refractivity (Wildman–Crippen MR) is 263 cm³/mol. The fourth-order valence-electron chi connectivity index (χ4n) is 6.66. The van der Waals surface area contributed by atoms with E-state index in [1.807, 2.05) is 61.5 Å². The normalized spacial score (nSPS) is 12.9. The lowest BCUT2D eigenvalue weighted by Gasteiger charge is -2.24. The van der Waals surface area contributed by atoms with Crippen LogP contribution in [-0.4, -0.2) is 85.3 Å². The van der Waals surface area contributed by atoms with Crippen molar-refractivity contribution in [1.82, 2.24) is 20.6 Å². The Morgan fingerprint density at radius 3 is 1.53 bits per heavy atom. The highest BCUT2D eigenvalue weighted by Gasteiger charge is 2.29. The van der Waals surface area contributed by atoms with Gasteiger partial charge in [-0.15, -0.1) is 0 Å². The molecule has 0 aliphatic rings. The molecule has 4 aromatic rings. The molecule has 360 valence electrons. The number of nitrogens with one attached hydrogen (secondary N) is 4. The average molecular weight is 929 g/mol. The summed E-state index contributed by atoms with van der Waals surface area (Å²) >= 11 is 0. The van der Waals surface area contributed by atoms with E-state index in [2.05, 4.69) is 45.9 Å². The number of para-hydroxylation sites is 2. The number of nitrogens with zero attached hydrogens (tertiary/aromatic N) is 2. The van der Waals surface area contributed by atoms with Gasteiger partial charge in [0.25, 0.3) is 5.91 Å². The fraction of sp³-hybridized carbons (Fsp3) is 0.540. The molecule has 0 spiro atoms. The van der Waals surface area contributed by atoms with E-state index in [1.54, 1.807) is 57.2 Å². The summed E-state index contributed by atoms with van der Waals surface area (Å²) in [5.41, 5.74) is 0.436. The Hall–Kier alpha value is -5.77. The van der Waals surface area contributed by atoms with Crippen LogP contribution in [-0.2, 0) is 19.1 Å². The lowest BCUT2D eigenvalue weighted by Crippen LogP contribution is -2.46. The van der Waals surface area contributed by atoms with Crippen molar-refractivity contribution < 1.29 is 42.9 Å². The SMILES string of the molecule is CC(C)COc1cc(C(=O)N[C@@H](CC(C)C)C(=O)Nc2cccc3c(OCC(C)C)cc(C(=O)OCC[Si](C)(C)C)nc23)nc2c(NC(=O)[C@H](CC(C)C)NC(=O)OC(C)(C)C)cccc12. The number of carbonyl (C=O) groups is 5. The molecule has 66 heavy (non-hydrogen) atoms. The zero-order chi connectivity index (χ0) is 49.1. The van der Waals surface area contributed by atoms with Crippen LogP contribution < -0.4 is 30.7 Å². The van der Waals surface area contributed by atoms with Crippen molar-refractivity contribution in [3.05, 3.63) is 59.9 Å². The van der Waals surface area contributed by atoms with Crippen LogP contribution in [0.2, 0.25) is 25.7 Å². The number of aromatic nitrogens is 2. The maximum absolute atomic E-state index is 14.3. The third kappa shape index (κ3) is 16.3. The number of carbonyl (C=O) groups excluding carboxylic acids is 5. The third-order valence-corrected chi connectivity index (χ3v) is 11.5. The number of alkyl carbamates (subject to hydrolysis) is 1. The number of ether oxygens (including phenoxy) is 4. The molecule has 0 radical (unpaired) electrons. The number of esters is 1. The Labute approximate surface area is 391 Å². The largest absolute Gasteiger partial charge is 0.493 e. The third-order valence-electron chi connectivity index (χ3n) is 9.83. The van der Waals surface area contributed by atoms with Gasteiger partial charge in [0.15, 0.2) is 5.69 Å². The lowest BCUT2D eigenvalue weighted by molar-refractivity contribution is -0.119. The van der Waals surface area contributed by atoms with Crippen molar-refractivity contribution in [1.29, 1.82) is 0 Å². The van der Waals surface area contributed by atoms with Crippen molar-refractivity contribution in [2.75, 3.05) is 30.5 Å². The Bertz CT molecular complexity index is 2350. The first kappa shape index (κ1) is 52.8. The highest BCUT2D eigenvalue weighted by Crippen LogP contribution is 2.33. The van der Waals surface area contributed by atoms with Crippen molar-refractivity contribution >= 4 is 71.0 Å². The Kier molecular flexibility index (Phi) is 18.5. The van der Waals surface area contributed by atoms with Gasteiger partial charge in [-0.05, 0) is 87.6 Å². The van der Waals surface area contributed by atoms with Gasteiger partial charge in [0, 0.05) is 31.0 Å². The van der Waals surface area contributed by atoms with Gasteiger partial charge in [-0.25, -0.2) is 19.6 Å². The maximum atomic E-state index is 14.3. The number of hydrogen-bond acceptors (Lipinski definition) is 11.